The van der Waals surface area contributed by atoms with E-state index in [-0.39, 0.29) is 11.6 Å². The van der Waals surface area contributed by atoms with Gasteiger partial charge in [-0.3, -0.25) is 0 Å². The molecule has 0 saturated carbocycles. The number of nitrogens with zero attached hydrogens (tertiary/aromatic N) is 4. The van der Waals surface area contributed by atoms with Gasteiger partial charge in [-0.15, -0.1) is 0 Å². The second kappa shape index (κ2) is 7.22. The molecule has 0 bridgehead atoms. The van der Waals surface area contributed by atoms with Crippen LogP contribution in [0.2, 0.25) is 0 Å². The molecule has 0 radical (unpaired) electrons. The van der Waals surface area contributed by atoms with Crippen LogP contribution in [0.25, 0.3) is 16.9 Å². The summed E-state index contributed by atoms with van der Waals surface area (Å²) in [5, 5.41) is 4.57. The predicted octanol–water partition coefficient (Wildman–Crippen LogP) is 3.87. The highest BCUT2D eigenvalue weighted by molar-refractivity contribution is 5.70. The molecule has 4 aromatic rings. The van der Waals surface area contributed by atoms with Crippen molar-refractivity contribution in [2.45, 2.75) is 20.0 Å². The van der Waals surface area contributed by atoms with Crippen LogP contribution in [0.4, 0.5) is 14.6 Å². The number of alkyl halides is 2. The van der Waals surface area contributed by atoms with E-state index in [0.29, 0.717) is 29.1 Å². The zero-order valence-corrected chi connectivity index (χ0v) is 15.0. The minimum Gasteiger partial charge on any atom is -0.435 e. The van der Waals surface area contributed by atoms with E-state index < -0.39 is 6.61 Å². The average molecular weight is 381 g/mol. The molecular weight excluding hydrogens is 364 g/mol. The molecule has 2 aromatic heterocycles. The SMILES string of the molecule is Cc1c(-c2ccc(OC(F)F)cc2)nc(N)c2nc(Cc3ccccc3)nn12. The van der Waals surface area contributed by atoms with Crippen LogP contribution in [-0.4, -0.2) is 26.2 Å². The third kappa shape index (κ3) is 3.48. The Hall–Kier alpha value is -3.55. The maximum Gasteiger partial charge on any atom is 0.387 e. The first-order chi connectivity index (χ1) is 13.5. The third-order valence-corrected chi connectivity index (χ3v) is 4.33. The van der Waals surface area contributed by atoms with Crippen molar-refractivity contribution in [1.29, 1.82) is 0 Å². The Labute approximate surface area is 159 Å². The molecule has 28 heavy (non-hydrogen) atoms. The second-order valence-corrected chi connectivity index (χ2v) is 6.26. The van der Waals surface area contributed by atoms with Crippen molar-refractivity contribution in [3.8, 4) is 17.0 Å². The Kier molecular flexibility index (Phi) is 4.60. The van der Waals surface area contributed by atoms with E-state index >= 15 is 0 Å². The zero-order valence-electron chi connectivity index (χ0n) is 15.0. The van der Waals surface area contributed by atoms with Crippen molar-refractivity contribution >= 4 is 11.5 Å². The number of aryl methyl sites for hydroxylation is 1. The number of benzene rings is 2. The van der Waals surface area contributed by atoms with E-state index in [1.807, 2.05) is 37.3 Å². The molecule has 0 aliphatic rings. The smallest absolute Gasteiger partial charge is 0.387 e. The topological polar surface area (TPSA) is 78.3 Å². The molecule has 2 aromatic carbocycles. The molecule has 8 heteroatoms. The zero-order chi connectivity index (χ0) is 19.7. The largest absolute Gasteiger partial charge is 0.435 e. The van der Waals surface area contributed by atoms with Crippen LogP contribution in [0, 0.1) is 6.92 Å². The highest BCUT2D eigenvalue weighted by atomic mass is 19.3. The highest BCUT2D eigenvalue weighted by Gasteiger charge is 2.16. The van der Waals surface area contributed by atoms with E-state index in [9.17, 15) is 8.78 Å². The van der Waals surface area contributed by atoms with Crippen LogP contribution < -0.4 is 10.5 Å². The normalized spacial score (nSPS) is 11.3. The van der Waals surface area contributed by atoms with Crippen LogP contribution in [-0.2, 0) is 6.42 Å². The van der Waals surface area contributed by atoms with Gasteiger partial charge in [-0.25, -0.2) is 14.5 Å². The average Bonchev–Trinajstić information content (AvgIpc) is 3.10. The Morgan fingerprint density at radius 3 is 2.43 bits per heavy atom. The summed E-state index contributed by atoms with van der Waals surface area (Å²) in [6.45, 7) is -1.00. The molecule has 0 spiro atoms. The summed E-state index contributed by atoms with van der Waals surface area (Å²) in [5.74, 6) is 0.970. The first kappa shape index (κ1) is 17.8. The Morgan fingerprint density at radius 2 is 1.75 bits per heavy atom. The van der Waals surface area contributed by atoms with Crippen molar-refractivity contribution < 1.29 is 13.5 Å². The fourth-order valence-corrected chi connectivity index (χ4v) is 3.03. The van der Waals surface area contributed by atoms with E-state index in [1.165, 1.54) is 12.1 Å². The lowest BCUT2D eigenvalue weighted by Crippen LogP contribution is -2.05. The molecule has 0 aliphatic carbocycles. The van der Waals surface area contributed by atoms with Crippen LogP contribution in [0.1, 0.15) is 17.1 Å². The van der Waals surface area contributed by atoms with Gasteiger partial charge in [-0.05, 0) is 36.8 Å². The first-order valence-corrected chi connectivity index (χ1v) is 8.62. The monoisotopic (exact) mass is 381 g/mol. The number of rotatable bonds is 5. The molecule has 2 heterocycles. The summed E-state index contributed by atoms with van der Waals surface area (Å²) in [5.41, 5.74) is 9.76. The summed E-state index contributed by atoms with van der Waals surface area (Å²) in [6, 6.07) is 16.1. The van der Waals surface area contributed by atoms with Crippen LogP contribution >= 0.6 is 0 Å². The minimum atomic E-state index is -2.86. The maximum absolute atomic E-state index is 12.3. The molecule has 0 unspecified atom stereocenters. The summed E-state index contributed by atoms with van der Waals surface area (Å²) >= 11 is 0. The van der Waals surface area contributed by atoms with Crippen LogP contribution in [0.3, 0.4) is 0 Å². The number of nitrogen functional groups attached to an aromatic ring is 1. The molecular formula is C20H17F2N5O. The standard InChI is InChI=1S/C20H17F2N5O/c1-12-17(14-7-9-15(10-8-14)28-20(21)22)25-18(23)19-24-16(26-27(12)19)11-13-5-3-2-4-6-13/h2-10,20H,11H2,1H3,(H2,23,25). The van der Waals surface area contributed by atoms with Gasteiger partial charge < -0.3 is 10.5 Å². The number of anilines is 1. The van der Waals surface area contributed by atoms with Crippen molar-refractivity contribution in [3.63, 3.8) is 0 Å². The molecule has 0 aliphatic heterocycles. The lowest BCUT2D eigenvalue weighted by atomic mass is 10.1. The van der Waals surface area contributed by atoms with E-state index in [2.05, 4.69) is 19.8 Å². The molecule has 0 fully saturated rings. The Balaban J connectivity index is 1.71. The van der Waals surface area contributed by atoms with Gasteiger partial charge >= 0.3 is 6.61 Å². The van der Waals surface area contributed by atoms with E-state index in [1.54, 1.807) is 16.6 Å². The lowest BCUT2D eigenvalue weighted by molar-refractivity contribution is -0.0498. The predicted molar refractivity (Wildman–Crippen MR) is 101 cm³/mol. The van der Waals surface area contributed by atoms with Gasteiger partial charge in [0.15, 0.2) is 17.3 Å². The minimum absolute atomic E-state index is 0.0800. The molecule has 0 atom stereocenters. The Bertz CT molecular complexity index is 1110. The molecule has 2 N–H and O–H groups in total. The van der Waals surface area contributed by atoms with Gasteiger partial charge in [0.2, 0.25) is 0 Å². The van der Waals surface area contributed by atoms with Gasteiger partial charge in [0.1, 0.15) is 5.75 Å². The van der Waals surface area contributed by atoms with Gasteiger partial charge in [-0.2, -0.15) is 13.9 Å². The number of halogens is 2. The van der Waals surface area contributed by atoms with Crippen LogP contribution in [0.5, 0.6) is 5.75 Å². The van der Waals surface area contributed by atoms with Gasteiger partial charge in [-0.1, -0.05) is 30.3 Å². The molecule has 4 rings (SSSR count). The summed E-state index contributed by atoms with van der Waals surface area (Å²) in [6.07, 6.45) is 0.580. The number of fused-ring (bicyclic) bond motifs is 1. The highest BCUT2D eigenvalue weighted by Crippen LogP contribution is 2.27. The van der Waals surface area contributed by atoms with E-state index in [0.717, 1.165) is 11.3 Å². The quantitative estimate of drug-likeness (QED) is 0.568. The van der Waals surface area contributed by atoms with Gasteiger partial charge in [0.25, 0.3) is 0 Å². The number of aromatic nitrogens is 4. The second-order valence-electron chi connectivity index (χ2n) is 6.26. The number of ether oxygens (including phenoxy) is 1. The lowest BCUT2D eigenvalue weighted by Gasteiger charge is -2.09. The third-order valence-electron chi connectivity index (χ3n) is 4.33. The number of hydrogen-bond acceptors (Lipinski definition) is 5. The van der Waals surface area contributed by atoms with Crippen molar-refractivity contribution in [1.82, 2.24) is 19.6 Å². The molecule has 6 nitrogen and oxygen atoms in total. The first-order valence-electron chi connectivity index (χ1n) is 8.62. The summed E-state index contributed by atoms with van der Waals surface area (Å²) in [7, 11) is 0. The van der Waals surface area contributed by atoms with Crippen molar-refractivity contribution in [3.05, 3.63) is 71.7 Å². The maximum atomic E-state index is 12.3. The van der Waals surface area contributed by atoms with Gasteiger partial charge in [0, 0.05) is 12.0 Å². The number of hydrogen-bond donors (Lipinski definition) is 1. The van der Waals surface area contributed by atoms with Crippen LogP contribution in [0.15, 0.2) is 54.6 Å². The summed E-state index contributed by atoms with van der Waals surface area (Å²) < 4.78 is 30.7. The number of nitrogens with two attached hydrogens (primary N) is 1. The molecule has 142 valence electrons. The molecule has 0 amide bonds. The van der Waals surface area contributed by atoms with Gasteiger partial charge in [0.05, 0.1) is 11.4 Å². The van der Waals surface area contributed by atoms with Crippen molar-refractivity contribution in [2.75, 3.05) is 5.73 Å². The molecule has 0 saturated heterocycles. The van der Waals surface area contributed by atoms with E-state index in [4.69, 9.17) is 5.73 Å². The fourth-order valence-electron chi connectivity index (χ4n) is 3.03. The van der Waals surface area contributed by atoms with Crippen molar-refractivity contribution in [2.24, 2.45) is 0 Å². The fraction of sp³-hybridized carbons (Fsp3) is 0.150. The Morgan fingerprint density at radius 1 is 1.04 bits per heavy atom. The summed E-state index contributed by atoms with van der Waals surface area (Å²) in [4.78, 5) is 8.96.